The Morgan fingerprint density at radius 3 is 2.33 bits per heavy atom. The van der Waals surface area contributed by atoms with Crippen molar-refractivity contribution in [1.82, 2.24) is 0 Å². The quantitative estimate of drug-likeness (QED) is 0.725. The smallest absolute Gasteiger partial charge is 0.0363 e. The van der Waals surface area contributed by atoms with Crippen molar-refractivity contribution in [1.29, 1.82) is 0 Å². The Labute approximate surface area is 93.1 Å². The van der Waals surface area contributed by atoms with Crippen molar-refractivity contribution >= 4 is 5.69 Å². The zero-order chi connectivity index (χ0) is 11.1. The number of benzene rings is 1. The van der Waals surface area contributed by atoms with Gasteiger partial charge < -0.3 is 10.6 Å². The van der Waals surface area contributed by atoms with Crippen molar-refractivity contribution in [3.63, 3.8) is 0 Å². The minimum Gasteiger partial charge on any atom is -0.375 e. The summed E-state index contributed by atoms with van der Waals surface area (Å²) >= 11 is 0. The molecule has 0 aliphatic rings. The molecule has 2 N–H and O–H groups in total. The van der Waals surface area contributed by atoms with Crippen LogP contribution in [0.1, 0.15) is 24.8 Å². The zero-order valence-electron chi connectivity index (χ0n) is 9.87. The molecule has 1 rings (SSSR count). The van der Waals surface area contributed by atoms with Crippen LogP contribution in [0.5, 0.6) is 0 Å². The Bertz CT molecular complexity index is 266. The molecule has 0 unspecified atom stereocenters. The Morgan fingerprint density at radius 2 is 1.73 bits per heavy atom. The lowest BCUT2D eigenvalue weighted by molar-refractivity contribution is 0.679. The first-order chi connectivity index (χ1) is 7.24. The van der Waals surface area contributed by atoms with E-state index in [0.29, 0.717) is 0 Å². The molecule has 0 atom stereocenters. The van der Waals surface area contributed by atoms with Crippen LogP contribution in [0.15, 0.2) is 24.3 Å². The van der Waals surface area contributed by atoms with Gasteiger partial charge in [-0.25, -0.2) is 0 Å². The maximum atomic E-state index is 5.46. The molecular weight excluding hydrogens is 184 g/mol. The standard InChI is InChI=1S/C13H22N2/c1-12-6-8-13(9-7-12)15(2)11-5-3-4-10-14/h6-9H,3-5,10-11,14H2,1-2H3. The number of nitrogens with zero attached hydrogens (tertiary/aromatic N) is 1. The van der Waals surface area contributed by atoms with Crippen LogP contribution in [0, 0.1) is 6.92 Å². The van der Waals surface area contributed by atoms with E-state index in [4.69, 9.17) is 5.73 Å². The van der Waals surface area contributed by atoms with Gasteiger partial charge in [-0.05, 0) is 38.4 Å². The number of rotatable bonds is 6. The van der Waals surface area contributed by atoms with Crippen molar-refractivity contribution in [2.24, 2.45) is 5.73 Å². The molecule has 2 nitrogen and oxygen atoms in total. The third-order valence-corrected chi connectivity index (χ3v) is 2.67. The molecule has 0 aromatic heterocycles. The van der Waals surface area contributed by atoms with E-state index in [9.17, 15) is 0 Å². The van der Waals surface area contributed by atoms with Gasteiger partial charge in [0.1, 0.15) is 0 Å². The van der Waals surface area contributed by atoms with Gasteiger partial charge in [0, 0.05) is 19.3 Å². The summed E-state index contributed by atoms with van der Waals surface area (Å²) in [4.78, 5) is 2.30. The Morgan fingerprint density at radius 1 is 1.07 bits per heavy atom. The SMILES string of the molecule is Cc1ccc(N(C)CCCCCN)cc1. The average molecular weight is 206 g/mol. The highest BCUT2D eigenvalue weighted by atomic mass is 15.1. The minimum atomic E-state index is 0.814. The molecule has 0 fully saturated rings. The second kappa shape index (κ2) is 6.46. The highest BCUT2D eigenvalue weighted by molar-refractivity contribution is 5.46. The van der Waals surface area contributed by atoms with E-state index in [0.717, 1.165) is 19.5 Å². The van der Waals surface area contributed by atoms with Gasteiger partial charge >= 0.3 is 0 Å². The van der Waals surface area contributed by atoms with Gasteiger partial charge in [-0.1, -0.05) is 24.1 Å². The van der Waals surface area contributed by atoms with E-state index in [1.54, 1.807) is 0 Å². The van der Waals surface area contributed by atoms with Gasteiger partial charge in [-0.15, -0.1) is 0 Å². The van der Waals surface area contributed by atoms with Crippen LogP contribution in [-0.2, 0) is 0 Å². The summed E-state index contributed by atoms with van der Waals surface area (Å²) in [6.45, 7) is 4.04. The Kier molecular flexibility index (Phi) is 5.19. The molecule has 0 amide bonds. The minimum absolute atomic E-state index is 0.814. The van der Waals surface area contributed by atoms with Gasteiger partial charge in [-0.3, -0.25) is 0 Å². The van der Waals surface area contributed by atoms with E-state index in [-0.39, 0.29) is 0 Å². The van der Waals surface area contributed by atoms with Crippen molar-refractivity contribution in [2.45, 2.75) is 26.2 Å². The third-order valence-electron chi connectivity index (χ3n) is 2.67. The van der Waals surface area contributed by atoms with E-state index < -0.39 is 0 Å². The van der Waals surface area contributed by atoms with Gasteiger partial charge in [0.2, 0.25) is 0 Å². The summed E-state index contributed by atoms with van der Waals surface area (Å²) in [5.74, 6) is 0. The molecule has 15 heavy (non-hydrogen) atoms. The summed E-state index contributed by atoms with van der Waals surface area (Å²) in [6, 6.07) is 8.67. The van der Waals surface area contributed by atoms with E-state index >= 15 is 0 Å². The number of hydrogen-bond donors (Lipinski definition) is 1. The number of aryl methyl sites for hydroxylation is 1. The fourth-order valence-corrected chi connectivity index (χ4v) is 1.60. The number of nitrogens with two attached hydrogens (primary N) is 1. The van der Waals surface area contributed by atoms with E-state index in [1.165, 1.54) is 24.1 Å². The van der Waals surface area contributed by atoms with Crippen molar-refractivity contribution in [2.75, 3.05) is 25.0 Å². The maximum absolute atomic E-state index is 5.46. The first kappa shape index (κ1) is 12.1. The molecule has 0 bridgehead atoms. The second-order valence-corrected chi connectivity index (χ2v) is 4.11. The summed E-state index contributed by atoms with van der Waals surface area (Å²) < 4.78 is 0. The first-order valence-electron chi connectivity index (χ1n) is 5.72. The van der Waals surface area contributed by atoms with Crippen LogP contribution < -0.4 is 10.6 Å². The number of anilines is 1. The monoisotopic (exact) mass is 206 g/mol. The number of hydrogen-bond acceptors (Lipinski definition) is 2. The molecular formula is C13H22N2. The number of unbranched alkanes of at least 4 members (excludes halogenated alkanes) is 2. The van der Waals surface area contributed by atoms with Crippen LogP contribution in [0.2, 0.25) is 0 Å². The lowest BCUT2D eigenvalue weighted by Gasteiger charge is -2.19. The largest absolute Gasteiger partial charge is 0.375 e. The second-order valence-electron chi connectivity index (χ2n) is 4.11. The predicted octanol–water partition coefficient (Wildman–Crippen LogP) is 2.56. The fourth-order valence-electron chi connectivity index (χ4n) is 1.60. The molecule has 0 heterocycles. The highest BCUT2D eigenvalue weighted by Crippen LogP contribution is 2.13. The molecule has 0 saturated carbocycles. The van der Waals surface area contributed by atoms with Gasteiger partial charge in [0.25, 0.3) is 0 Å². The summed E-state index contributed by atoms with van der Waals surface area (Å²) in [5.41, 5.74) is 8.07. The van der Waals surface area contributed by atoms with Gasteiger partial charge in [0.15, 0.2) is 0 Å². The molecule has 1 aromatic carbocycles. The summed E-state index contributed by atoms with van der Waals surface area (Å²) in [7, 11) is 2.15. The molecule has 0 spiro atoms. The van der Waals surface area contributed by atoms with E-state index in [2.05, 4.69) is 43.1 Å². The molecule has 0 saturated heterocycles. The van der Waals surface area contributed by atoms with Crippen LogP contribution in [0.4, 0.5) is 5.69 Å². The Balaban J connectivity index is 2.33. The molecule has 1 aromatic rings. The average Bonchev–Trinajstić information content (AvgIpc) is 2.25. The van der Waals surface area contributed by atoms with Crippen LogP contribution in [-0.4, -0.2) is 20.1 Å². The topological polar surface area (TPSA) is 29.3 Å². The molecule has 0 aliphatic heterocycles. The van der Waals surface area contributed by atoms with Gasteiger partial charge in [0.05, 0.1) is 0 Å². The normalized spacial score (nSPS) is 10.3. The van der Waals surface area contributed by atoms with Crippen LogP contribution >= 0.6 is 0 Å². The summed E-state index contributed by atoms with van der Waals surface area (Å²) in [5, 5.41) is 0. The highest BCUT2D eigenvalue weighted by Gasteiger charge is 1.99. The van der Waals surface area contributed by atoms with Crippen LogP contribution in [0.3, 0.4) is 0 Å². The van der Waals surface area contributed by atoms with Crippen molar-refractivity contribution in [3.8, 4) is 0 Å². The third kappa shape index (κ3) is 4.34. The fraction of sp³-hybridized carbons (Fsp3) is 0.538. The van der Waals surface area contributed by atoms with Gasteiger partial charge in [-0.2, -0.15) is 0 Å². The van der Waals surface area contributed by atoms with Crippen LogP contribution in [0.25, 0.3) is 0 Å². The zero-order valence-corrected chi connectivity index (χ0v) is 9.87. The maximum Gasteiger partial charge on any atom is 0.0363 e. The van der Waals surface area contributed by atoms with E-state index in [1.807, 2.05) is 0 Å². The van der Waals surface area contributed by atoms with Crippen molar-refractivity contribution in [3.05, 3.63) is 29.8 Å². The lowest BCUT2D eigenvalue weighted by atomic mass is 10.2. The molecule has 0 radical (unpaired) electrons. The summed E-state index contributed by atoms with van der Waals surface area (Å²) in [6.07, 6.45) is 3.59. The predicted molar refractivity (Wildman–Crippen MR) is 67.4 cm³/mol. The Hall–Kier alpha value is -1.02. The molecule has 84 valence electrons. The molecule has 0 aliphatic carbocycles. The van der Waals surface area contributed by atoms with Crippen molar-refractivity contribution < 1.29 is 0 Å². The lowest BCUT2D eigenvalue weighted by Crippen LogP contribution is -2.18. The molecule has 2 heteroatoms. The first-order valence-corrected chi connectivity index (χ1v) is 5.72.